The topological polar surface area (TPSA) is 24.1 Å². The molecule has 0 bridgehead atoms. The fraction of sp³-hybridized carbons (Fsp3) is 0.125. The van der Waals surface area contributed by atoms with E-state index in [1.165, 1.54) is 5.03 Å². The second-order valence-electron chi connectivity index (χ2n) is 2.36. The Morgan fingerprint density at radius 2 is 2.36 bits per heavy atom. The molecule has 0 aromatic carbocycles. The molecule has 0 fully saturated rings. The number of aliphatic hydroxyl groups is 1. The highest BCUT2D eigenvalue weighted by atomic mass is 32.2. The molecule has 2 nitrogen and oxygen atoms in total. The third-order valence-corrected chi connectivity index (χ3v) is 2.59. The van der Waals surface area contributed by atoms with Gasteiger partial charge in [-0.1, -0.05) is 0 Å². The molecule has 0 spiro atoms. The van der Waals surface area contributed by atoms with Crippen LogP contribution < -0.4 is 4.57 Å². The lowest BCUT2D eigenvalue weighted by molar-refractivity contribution is -0.611. The van der Waals surface area contributed by atoms with E-state index in [2.05, 4.69) is 0 Å². The van der Waals surface area contributed by atoms with E-state index in [1.807, 2.05) is 29.0 Å². The third-order valence-electron chi connectivity index (χ3n) is 1.51. The molecule has 2 heterocycles. The van der Waals surface area contributed by atoms with Gasteiger partial charge < -0.3 is 5.11 Å². The van der Waals surface area contributed by atoms with E-state index >= 15 is 0 Å². The maximum absolute atomic E-state index is 9.18. The van der Waals surface area contributed by atoms with Crippen molar-refractivity contribution in [1.82, 2.24) is 0 Å². The van der Waals surface area contributed by atoms with E-state index in [0.717, 1.165) is 0 Å². The quantitative estimate of drug-likeness (QED) is 0.590. The van der Waals surface area contributed by atoms with Crippen LogP contribution in [0, 0.1) is 0 Å². The lowest BCUT2D eigenvalue weighted by Crippen LogP contribution is -2.31. The molecule has 0 saturated carbocycles. The molecule has 0 aliphatic carbocycles. The Hall–Kier alpha value is -0.960. The molecule has 1 aliphatic heterocycles. The number of hydrogen-bond acceptors (Lipinski definition) is 2. The van der Waals surface area contributed by atoms with Gasteiger partial charge >= 0.3 is 0 Å². The lowest BCUT2D eigenvalue weighted by atomic mass is 10.5. The highest BCUT2D eigenvalue weighted by Gasteiger charge is 2.15. The number of nitrogens with zero attached hydrogens (tertiary/aromatic N) is 1. The van der Waals surface area contributed by atoms with Gasteiger partial charge in [-0.15, -0.1) is 0 Å². The average molecular weight is 166 g/mol. The zero-order valence-corrected chi connectivity index (χ0v) is 6.71. The summed E-state index contributed by atoms with van der Waals surface area (Å²) in [4.78, 5) is 0. The Kier molecular flexibility index (Phi) is 1.58. The van der Waals surface area contributed by atoms with Crippen molar-refractivity contribution in [2.75, 3.05) is 5.75 Å². The second-order valence-corrected chi connectivity index (χ2v) is 3.35. The molecule has 1 N–H and O–H groups in total. The van der Waals surface area contributed by atoms with Gasteiger partial charge in [0, 0.05) is 12.1 Å². The standard InChI is InChI=1S/C8H7NOS/c10-7-5-9-4-2-1-3-8(9)11-6-7/h1-5H,6H2/p+1. The number of fused-ring (bicyclic) bond motifs is 1. The Labute approximate surface area is 69.2 Å². The fourth-order valence-corrected chi connectivity index (χ4v) is 1.82. The summed E-state index contributed by atoms with van der Waals surface area (Å²) in [7, 11) is 0. The van der Waals surface area contributed by atoms with Crippen molar-refractivity contribution >= 4 is 18.0 Å². The minimum absolute atomic E-state index is 0.429. The molecule has 1 aliphatic rings. The van der Waals surface area contributed by atoms with Gasteiger partial charge in [0.25, 0.3) is 0 Å². The van der Waals surface area contributed by atoms with Crippen LogP contribution in [0.2, 0.25) is 0 Å². The molecule has 3 heteroatoms. The molecule has 0 radical (unpaired) electrons. The highest BCUT2D eigenvalue weighted by molar-refractivity contribution is 7.99. The van der Waals surface area contributed by atoms with E-state index in [9.17, 15) is 5.11 Å². The summed E-state index contributed by atoms with van der Waals surface area (Å²) >= 11 is 1.64. The van der Waals surface area contributed by atoms with Gasteiger partial charge in [0.05, 0.1) is 5.75 Å². The summed E-state index contributed by atoms with van der Waals surface area (Å²) in [5.41, 5.74) is 0. The van der Waals surface area contributed by atoms with Crippen LogP contribution in [-0.2, 0) is 0 Å². The minimum Gasteiger partial charge on any atom is -0.506 e. The largest absolute Gasteiger partial charge is 0.506 e. The molecule has 11 heavy (non-hydrogen) atoms. The lowest BCUT2D eigenvalue weighted by Gasteiger charge is -2.03. The number of aromatic nitrogens is 1. The summed E-state index contributed by atoms with van der Waals surface area (Å²) in [6.45, 7) is 0. The average Bonchev–Trinajstić information content (AvgIpc) is 2.04. The zero-order valence-electron chi connectivity index (χ0n) is 5.90. The maximum atomic E-state index is 9.18. The second kappa shape index (κ2) is 2.58. The predicted molar refractivity (Wildman–Crippen MR) is 44.3 cm³/mol. The van der Waals surface area contributed by atoms with Gasteiger partial charge in [-0.3, -0.25) is 0 Å². The van der Waals surface area contributed by atoms with Gasteiger partial charge in [0.1, 0.15) is 0 Å². The normalized spacial score (nSPS) is 15.5. The summed E-state index contributed by atoms with van der Waals surface area (Å²) in [5.74, 6) is 1.11. The van der Waals surface area contributed by atoms with Crippen LogP contribution in [0.15, 0.2) is 35.2 Å². The highest BCUT2D eigenvalue weighted by Crippen LogP contribution is 2.18. The molecule has 1 aromatic heterocycles. The van der Waals surface area contributed by atoms with Crippen LogP contribution in [0.3, 0.4) is 0 Å². The Balaban J connectivity index is 2.51. The SMILES string of the molecule is OC1=C[n+]2ccccc2SC1. The van der Waals surface area contributed by atoms with E-state index in [1.54, 1.807) is 18.0 Å². The first-order valence-electron chi connectivity index (χ1n) is 3.39. The summed E-state index contributed by atoms with van der Waals surface area (Å²) in [6, 6.07) is 5.97. The zero-order chi connectivity index (χ0) is 7.68. The molecule has 1 aromatic rings. The number of aliphatic hydroxyl groups excluding tert-OH is 1. The Morgan fingerprint density at radius 1 is 1.45 bits per heavy atom. The summed E-state index contributed by atoms with van der Waals surface area (Å²) < 4.78 is 1.92. The van der Waals surface area contributed by atoms with Crippen molar-refractivity contribution < 1.29 is 9.67 Å². The van der Waals surface area contributed by atoms with Crippen LogP contribution in [0.1, 0.15) is 0 Å². The van der Waals surface area contributed by atoms with Gasteiger partial charge in [-0.25, -0.2) is 0 Å². The molecule has 0 unspecified atom stereocenters. The van der Waals surface area contributed by atoms with E-state index in [-0.39, 0.29) is 0 Å². The van der Waals surface area contributed by atoms with Crippen LogP contribution in [0.4, 0.5) is 0 Å². The van der Waals surface area contributed by atoms with Gasteiger partial charge in [0.2, 0.25) is 11.2 Å². The Bertz CT molecular complexity index is 309. The molecule has 56 valence electrons. The third kappa shape index (κ3) is 1.24. The van der Waals surface area contributed by atoms with Crippen molar-refractivity contribution in [3.8, 4) is 0 Å². The first kappa shape index (κ1) is 6.73. The summed E-state index contributed by atoms with van der Waals surface area (Å²) in [5, 5.41) is 10.3. The van der Waals surface area contributed by atoms with Crippen LogP contribution in [0.5, 0.6) is 0 Å². The molecule has 0 saturated heterocycles. The molecule has 2 rings (SSSR count). The van der Waals surface area contributed by atoms with Crippen molar-refractivity contribution in [3.63, 3.8) is 0 Å². The fourth-order valence-electron chi connectivity index (χ4n) is 1.01. The van der Waals surface area contributed by atoms with Crippen molar-refractivity contribution in [3.05, 3.63) is 30.2 Å². The van der Waals surface area contributed by atoms with Gasteiger partial charge in [-0.2, -0.15) is 4.57 Å². The smallest absolute Gasteiger partial charge is 0.245 e. The molecule has 0 atom stereocenters. The maximum Gasteiger partial charge on any atom is 0.245 e. The van der Waals surface area contributed by atoms with Crippen LogP contribution >= 0.6 is 11.8 Å². The number of hydrogen-bond donors (Lipinski definition) is 1. The first-order chi connectivity index (χ1) is 5.36. The van der Waals surface area contributed by atoms with Crippen LogP contribution in [-0.4, -0.2) is 10.9 Å². The van der Waals surface area contributed by atoms with Crippen molar-refractivity contribution in [2.24, 2.45) is 0 Å². The first-order valence-corrected chi connectivity index (χ1v) is 4.37. The number of rotatable bonds is 0. The molecule has 0 amide bonds. The van der Waals surface area contributed by atoms with E-state index in [0.29, 0.717) is 11.5 Å². The number of pyridine rings is 1. The van der Waals surface area contributed by atoms with Gasteiger partial charge in [0.15, 0.2) is 12.0 Å². The van der Waals surface area contributed by atoms with Gasteiger partial charge in [-0.05, 0) is 17.8 Å². The van der Waals surface area contributed by atoms with Crippen LogP contribution in [0.25, 0.3) is 6.20 Å². The van der Waals surface area contributed by atoms with Crippen molar-refractivity contribution in [1.29, 1.82) is 0 Å². The molecular weight excluding hydrogens is 158 g/mol. The molecular formula is C8H8NOS+. The van der Waals surface area contributed by atoms with E-state index in [4.69, 9.17) is 0 Å². The number of thioether (sulfide) groups is 1. The minimum atomic E-state index is 0.429. The monoisotopic (exact) mass is 166 g/mol. The summed E-state index contributed by atoms with van der Waals surface area (Å²) in [6.07, 6.45) is 3.67. The predicted octanol–water partition coefficient (Wildman–Crippen LogP) is 1.44. The van der Waals surface area contributed by atoms with Crippen molar-refractivity contribution in [2.45, 2.75) is 5.03 Å². The van der Waals surface area contributed by atoms with E-state index < -0.39 is 0 Å². The Morgan fingerprint density at radius 3 is 3.27 bits per heavy atom.